The van der Waals surface area contributed by atoms with Crippen LogP contribution in [-0.2, 0) is 11.2 Å². The molecule has 1 aliphatic heterocycles. The van der Waals surface area contributed by atoms with Crippen molar-refractivity contribution in [3.8, 4) is 11.5 Å². The van der Waals surface area contributed by atoms with E-state index >= 15 is 0 Å². The number of aryl methyl sites for hydroxylation is 1. The summed E-state index contributed by atoms with van der Waals surface area (Å²) in [5.41, 5.74) is 1.50. The molecule has 0 radical (unpaired) electrons. The molecule has 1 aliphatic rings. The number of hydrogen-bond acceptors (Lipinski definition) is 4. The Morgan fingerprint density at radius 2 is 1.47 bits per heavy atom. The number of carbonyl (C=O) groups excluding carboxylic acids is 2. The van der Waals surface area contributed by atoms with Crippen LogP contribution in [-0.4, -0.2) is 62.0 Å². The Hall–Kier alpha value is -2.44. The lowest BCUT2D eigenvalue weighted by Gasteiger charge is -2.35. The second-order valence-electron chi connectivity index (χ2n) is 6.99. The zero-order valence-corrected chi connectivity index (χ0v) is 18.5. The van der Waals surface area contributed by atoms with Crippen LogP contribution in [0.1, 0.15) is 22.3 Å². The Kier molecular flexibility index (Phi) is 7.45. The summed E-state index contributed by atoms with van der Waals surface area (Å²) in [5, 5.41) is 0.585. The standard InChI is InChI=1S/C22H24Cl2N2O4/c1-29-17-6-3-15(4-7-17)5-8-20(27)25-9-11-26(12-10-25)22(28)16-13-18(23)21(30-2)19(24)14-16/h3-4,6-7,13-14H,5,8-12H2,1-2H3. The molecule has 0 spiro atoms. The minimum atomic E-state index is -0.160. The average molecular weight is 451 g/mol. The molecule has 2 amide bonds. The van der Waals surface area contributed by atoms with E-state index in [1.54, 1.807) is 29.0 Å². The van der Waals surface area contributed by atoms with E-state index in [-0.39, 0.29) is 11.8 Å². The molecular formula is C22H24Cl2N2O4. The predicted molar refractivity (Wildman–Crippen MR) is 117 cm³/mol. The molecule has 160 valence electrons. The first-order valence-electron chi connectivity index (χ1n) is 9.66. The van der Waals surface area contributed by atoms with Crippen molar-refractivity contribution < 1.29 is 19.1 Å². The monoisotopic (exact) mass is 450 g/mol. The third kappa shape index (κ3) is 5.18. The molecule has 2 aromatic rings. The van der Waals surface area contributed by atoms with Gasteiger partial charge in [0.05, 0.1) is 24.3 Å². The summed E-state index contributed by atoms with van der Waals surface area (Å²) in [7, 11) is 3.10. The predicted octanol–water partition coefficient (Wildman–Crippen LogP) is 3.93. The summed E-state index contributed by atoms with van der Waals surface area (Å²) in [5.74, 6) is 1.08. The van der Waals surface area contributed by atoms with Crippen molar-refractivity contribution in [2.24, 2.45) is 0 Å². The van der Waals surface area contributed by atoms with Gasteiger partial charge in [-0.3, -0.25) is 9.59 Å². The van der Waals surface area contributed by atoms with Gasteiger partial charge in [0.25, 0.3) is 5.91 Å². The lowest BCUT2D eigenvalue weighted by Crippen LogP contribution is -2.50. The SMILES string of the molecule is COc1ccc(CCC(=O)N2CCN(C(=O)c3cc(Cl)c(OC)c(Cl)c3)CC2)cc1. The molecule has 0 aliphatic carbocycles. The molecule has 0 N–H and O–H groups in total. The van der Waals surface area contributed by atoms with Crippen molar-refractivity contribution in [2.45, 2.75) is 12.8 Å². The van der Waals surface area contributed by atoms with Crippen molar-refractivity contribution in [1.82, 2.24) is 9.80 Å². The highest BCUT2D eigenvalue weighted by Gasteiger charge is 2.25. The van der Waals surface area contributed by atoms with Crippen LogP contribution in [0, 0.1) is 0 Å². The maximum absolute atomic E-state index is 12.8. The van der Waals surface area contributed by atoms with E-state index < -0.39 is 0 Å². The summed E-state index contributed by atoms with van der Waals surface area (Å²) < 4.78 is 10.3. The van der Waals surface area contributed by atoms with Gasteiger partial charge in [-0.15, -0.1) is 0 Å². The van der Waals surface area contributed by atoms with Crippen LogP contribution >= 0.6 is 23.2 Å². The minimum Gasteiger partial charge on any atom is -0.497 e. The third-order valence-electron chi connectivity index (χ3n) is 5.16. The highest BCUT2D eigenvalue weighted by atomic mass is 35.5. The molecule has 0 unspecified atom stereocenters. The van der Waals surface area contributed by atoms with E-state index in [1.165, 1.54) is 7.11 Å². The average Bonchev–Trinajstić information content (AvgIpc) is 2.77. The Bertz CT molecular complexity index is 887. The summed E-state index contributed by atoms with van der Waals surface area (Å²) in [4.78, 5) is 28.9. The molecule has 1 saturated heterocycles. The largest absolute Gasteiger partial charge is 0.497 e. The van der Waals surface area contributed by atoms with E-state index in [2.05, 4.69) is 0 Å². The van der Waals surface area contributed by atoms with Crippen molar-refractivity contribution in [2.75, 3.05) is 40.4 Å². The fraction of sp³-hybridized carbons (Fsp3) is 0.364. The van der Waals surface area contributed by atoms with E-state index in [9.17, 15) is 9.59 Å². The van der Waals surface area contributed by atoms with E-state index in [1.807, 2.05) is 24.3 Å². The van der Waals surface area contributed by atoms with Crippen LogP contribution < -0.4 is 9.47 Å². The van der Waals surface area contributed by atoms with Crippen molar-refractivity contribution in [3.63, 3.8) is 0 Å². The molecule has 0 bridgehead atoms. The number of halogens is 2. The highest BCUT2D eigenvalue weighted by molar-refractivity contribution is 6.37. The van der Waals surface area contributed by atoms with Crippen molar-refractivity contribution in [1.29, 1.82) is 0 Å². The highest BCUT2D eigenvalue weighted by Crippen LogP contribution is 2.34. The van der Waals surface area contributed by atoms with Gasteiger partial charge in [-0.05, 0) is 36.2 Å². The molecule has 0 aromatic heterocycles. The van der Waals surface area contributed by atoms with Gasteiger partial charge in [-0.2, -0.15) is 0 Å². The van der Waals surface area contributed by atoms with Gasteiger partial charge in [-0.25, -0.2) is 0 Å². The summed E-state index contributed by atoms with van der Waals surface area (Å²) in [6.07, 6.45) is 1.11. The number of piperazine rings is 1. The third-order valence-corrected chi connectivity index (χ3v) is 5.72. The van der Waals surface area contributed by atoms with Gasteiger partial charge in [-0.1, -0.05) is 35.3 Å². The first kappa shape index (κ1) is 22.2. The summed E-state index contributed by atoms with van der Waals surface area (Å²) in [6.45, 7) is 1.94. The lowest BCUT2D eigenvalue weighted by atomic mass is 10.1. The fourth-order valence-corrected chi connectivity index (χ4v) is 4.06. The number of methoxy groups -OCH3 is 2. The van der Waals surface area contributed by atoms with Gasteiger partial charge in [0.1, 0.15) is 5.75 Å². The molecule has 0 atom stereocenters. The Balaban J connectivity index is 1.52. The van der Waals surface area contributed by atoms with Gasteiger partial charge in [0.15, 0.2) is 5.75 Å². The molecule has 30 heavy (non-hydrogen) atoms. The van der Waals surface area contributed by atoms with Crippen LogP contribution in [0.15, 0.2) is 36.4 Å². The van der Waals surface area contributed by atoms with Crippen LogP contribution in [0.5, 0.6) is 11.5 Å². The van der Waals surface area contributed by atoms with E-state index in [4.69, 9.17) is 32.7 Å². The molecule has 6 nitrogen and oxygen atoms in total. The van der Waals surface area contributed by atoms with Crippen molar-refractivity contribution >= 4 is 35.0 Å². The van der Waals surface area contributed by atoms with Gasteiger partial charge >= 0.3 is 0 Å². The second kappa shape index (κ2) is 10.0. The zero-order chi connectivity index (χ0) is 21.7. The van der Waals surface area contributed by atoms with Gasteiger partial charge < -0.3 is 19.3 Å². The van der Waals surface area contributed by atoms with Crippen LogP contribution in [0.25, 0.3) is 0 Å². The number of nitrogens with zero attached hydrogens (tertiary/aromatic N) is 2. The minimum absolute atomic E-state index is 0.0912. The number of benzene rings is 2. The van der Waals surface area contributed by atoms with E-state index in [0.717, 1.165) is 11.3 Å². The van der Waals surface area contributed by atoms with Gasteiger partial charge in [0.2, 0.25) is 5.91 Å². The Labute approximate surface area is 186 Å². The summed E-state index contributed by atoms with van der Waals surface area (Å²) >= 11 is 12.3. The zero-order valence-electron chi connectivity index (χ0n) is 17.0. The molecule has 8 heteroatoms. The number of ether oxygens (including phenoxy) is 2. The normalized spacial score (nSPS) is 13.9. The molecule has 3 rings (SSSR count). The van der Waals surface area contributed by atoms with Crippen LogP contribution in [0.2, 0.25) is 10.0 Å². The number of carbonyl (C=O) groups is 2. The topological polar surface area (TPSA) is 59.1 Å². The lowest BCUT2D eigenvalue weighted by molar-refractivity contribution is -0.132. The van der Waals surface area contributed by atoms with Crippen LogP contribution in [0.3, 0.4) is 0 Å². The quantitative estimate of drug-likeness (QED) is 0.668. The van der Waals surface area contributed by atoms with Crippen molar-refractivity contribution in [3.05, 3.63) is 57.6 Å². The maximum atomic E-state index is 12.8. The number of rotatable bonds is 6. The fourth-order valence-electron chi connectivity index (χ4n) is 3.42. The number of amides is 2. The summed E-state index contributed by atoms with van der Waals surface area (Å²) in [6, 6.07) is 10.8. The number of hydrogen-bond donors (Lipinski definition) is 0. The van der Waals surface area contributed by atoms with Gasteiger partial charge in [0, 0.05) is 38.2 Å². The second-order valence-corrected chi connectivity index (χ2v) is 7.81. The molecule has 0 saturated carbocycles. The first-order chi connectivity index (χ1) is 14.4. The molecular weight excluding hydrogens is 427 g/mol. The Morgan fingerprint density at radius 3 is 2.00 bits per heavy atom. The van der Waals surface area contributed by atoms with E-state index in [0.29, 0.717) is 60.4 Å². The first-order valence-corrected chi connectivity index (χ1v) is 10.4. The smallest absolute Gasteiger partial charge is 0.254 e. The molecule has 2 aromatic carbocycles. The van der Waals surface area contributed by atoms with Crippen LogP contribution in [0.4, 0.5) is 0 Å². The Morgan fingerprint density at radius 1 is 0.900 bits per heavy atom. The molecule has 1 fully saturated rings. The maximum Gasteiger partial charge on any atom is 0.254 e. The molecule has 1 heterocycles.